The molecule has 24 heavy (non-hydrogen) atoms. The van der Waals surface area contributed by atoms with Crippen LogP contribution in [0.2, 0.25) is 0 Å². The molecule has 0 aliphatic carbocycles. The maximum absolute atomic E-state index is 12.6. The second-order valence-corrected chi connectivity index (χ2v) is 7.40. The lowest BCUT2D eigenvalue weighted by Gasteiger charge is -2.33. The van der Waals surface area contributed by atoms with Crippen molar-refractivity contribution in [3.05, 3.63) is 30.1 Å². The quantitative estimate of drug-likeness (QED) is 0.606. The first kappa shape index (κ1) is 17.2. The summed E-state index contributed by atoms with van der Waals surface area (Å²) in [7, 11) is 0. The highest BCUT2D eigenvalue weighted by molar-refractivity contribution is 8.00. The lowest BCUT2D eigenvalue weighted by Crippen LogP contribution is -2.42. The summed E-state index contributed by atoms with van der Waals surface area (Å²) < 4.78 is 0. The van der Waals surface area contributed by atoms with Crippen LogP contribution < -0.4 is 0 Å². The van der Waals surface area contributed by atoms with E-state index in [2.05, 4.69) is 18.8 Å². The highest BCUT2D eigenvalue weighted by atomic mass is 32.2. The molecule has 0 saturated carbocycles. The largest absolute Gasteiger partial charge is 0.339 e. The van der Waals surface area contributed by atoms with Crippen LogP contribution >= 0.6 is 11.8 Å². The average Bonchev–Trinajstić information content (AvgIpc) is 2.60. The van der Waals surface area contributed by atoms with Crippen LogP contribution in [0.3, 0.4) is 0 Å². The van der Waals surface area contributed by atoms with E-state index in [0.29, 0.717) is 11.8 Å². The van der Waals surface area contributed by atoms with Gasteiger partial charge in [-0.25, -0.2) is 9.97 Å². The number of nitrogens with zero attached hydrogens (tertiary/aromatic N) is 3. The molecule has 5 heteroatoms. The maximum atomic E-state index is 12.6. The van der Waals surface area contributed by atoms with E-state index >= 15 is 0 Å². The number of para-hydroxylation sites is 1. The Morgan fingerprint density at radius 2 is 2.12 bits per heavy atom. The summed E-state index contributed by atoms with van der Waals surface area (Å²) in [5.74, 6) is 1.56. The summed E-state index contributed by atoms with van der Waals surface area (Å²) in [6.07, 6.45) is 5.36. The molecule has 1 amide bonds. The molecule has 3 rings (SSSR count). The number of likely N-dealkylation sites (tertiary alicyclic amines) is 1. The minimum Gasteiger partial charge on any atom is -0.339 e. The third kappa shape index (κ3) is 3.89. The topological polar surface area (TPSA) is 46.1 Å². The van der Waals surface area contributed by atoms with Crippen molar-refractivity contribution >= 4 is 28.6 Å². The zero-order valence-electron chi connectivity index (χ0n) is 14.5. The number of thioether (sulfide) groups is 1. The standard InChI is InChI=1S/C19H25N3OS/c1-3-8-17-20-16-11-5-4-10-15(16)19(21-17)24-13-18(23)22-12-7-6-9-14(22)2/h4-5,10-11,14H,3,6-9,12-13H2,1-2H3/t14-/m1/s1. The van der Waals surface area contributed by atoms with Gasteiger partial charge in [-0.2, -0.15) is 0 Å². The van der Waals surface area contributed by atoms with Gasteiger partial charge in [-0.05, 0) is 38.7 Å². The Kier molecular flexibility index (Phi) is 5.72. The summed E-state index contributed by atoms with van der Waals surface area (Å²) in [6, 6.07) is 8.43. The van der Waals surface area contributed by atoms with Gasteiger partial charge in [0.15, 0.2) is 0 Å². The molecular weight excluding hydrogens is 318 g/mol. The fraction of sp³-hybridized carbons (Fsp3) is 0.526. The molecule has 1 aliphatic heterocycles. The number of aromatic nitrogens is 2. The van der Waals surface area contributed by atoms with E-state index < -0.39 is 0 Å². The van der Waals surface area contributed by atoms with Gasteiger partial charge in [0.05, 0.1) is 11.3 Å². The Morgan fingerprint density at radius 1 is 1.29 bits per heavy atom. The van der Waals surface area contributed by atoms with Crippen molar-refractivity contribution in [2.24, 2.45) is 0 Å². The average molecular weight is 343 g/mol. The number of carbonyl (C=O) groups is 1. The molecule has 2 aromatic rings. The number of hydrogen-bond donors (Lipinski definition) is 0. The van der Waals surface area contributed by atoms with Gasteiger partial charge < -0.3 is 4.90 Å². The zero-order valence-corrected chi connectivity index (χ0v) is 15.3. The molecule has 0 radical (unpaired) electrons. The van der Waals surface area contributed by atoms with Gasteiger partial charge in [-0.15, -0.1) is 0 Å². The Bertz CT molecular complexity index is 719. The Balaban J connectivity index is 1.77. The van der Waals surface area contributed by atoms with Crippen LogP contribution in [0, 0.1) is 0 Å². The van der Waals surface area contributed by atoms with E-state index in [-0.39, 0.29) is 5.91 Å². The van der Waals surface area contributed by atoms with Crippen molar-refractivity contribution < 1.29 is 4.79 Å². The number of aryl methyl sites for hydroxylation is 1. The number of amides is 1. The smallest absolute Gasteiger partial charge is 0.233 e. The lowest BCUT2D eigenvalue weighted by molar-refractivity contribution is -0.131. The van der Waals surface area contributed by atoms with E-state index in [0.717, 1.165) is 54.0 Å². The van der Waals surface area contributed by atoms with E-state index in [1.54, 1.807) is 11.8 Å². The van der Waals surface area contributed by atoms with Crippen LogP contribution in [-0.2, 0) is 11.2 Å². The van der Waals surface area contributed by atoms with E-state index in [9.17, 15) is 4.79 Å². The molecule has 0 unspecified atom stereocenters. The van der Waals surface area contributed by atoms with Crippen molar-refractivity contribution in [3.8, 4) is 0 Å². The second-order valence-electron chi connectivity index (χ2n) is 6.43. The molecule has 4 nitrogen and oxygen atoms in total. The molecule has 128 valence electrons. The monoisotopic (exact) mass is 343 g/mol. The Labute approximate surface area is 148 Å². The number of piperidine rings is 1. The molecule has 1 aromatic heterocycles. The van der Waals surface area contributed by atoms with E-state index in [4.69, 9.17) is 4.98 Å². The van der Waals surface area contributed by atoms with Crippen molar-refractivity contribution in [2.75, 3.05) is 12.3 Å². The van der Waals surface area contributed by atoms with Crippen molar-refractivity contribution in [2.45, 2.75) is 57.0 Å². The molecule has 1 atom stereocenters. The predicted molar refractivity (Wildman–Crippen MR) is 99.3 cm³/mol. The zero-order chi connectivity index (χ0) is 16.9. The van der Waals surface area contributed by atoms with Gasteiger partial charge in [0.1, 0.15) is 10.9 Å². The molecule has 1 aliphatic rings. The molecule has 0 bridgehead atoms. The summed E-state index contributed by atoms with van der Waals surface area (Å²) in [5, 5.41) is 1.98. The fourth-order valence-corrected chi connectivity index (χ4v) is 4.14. The Hall–Kier alpha value is -1.62. The molecule has 1 aromatic carbocycles. The first-order valence-electron chi connectivity index (χ1n) is 8.87. The highest BCUT2D eigenvalue weighted by Gasteiger charge is 2.23. The molecule has 1 saturated heterocycles. The number of carbonyl (C=O) groups excluding carboxylic acids is 1. The van der Waals surface area contributed by atoms with Crippen LogP contribution in [0.4, 0.5) is 0 Å². The van der Waals surface area contributed by atoms with Crippen molar-refractivity contribution in [1.29, 1.82) is 0 Å². The van der Waals surface area contributed by atoms with E-state index in [1.807, 2.05) is 29.2 Å². The van der Waals surface area contributed by atoms with Gasteiger partial charge in [-0.1, -0.05) is 36.9 Å². The summed E-state index contributed by atoms with van der Waals surface area (Å²) in [6.45, 7) is 5.18. The normalized spacial score (nSPS) is 18.1. The van der Waals surface area contributed by atoms with Gasteiger partial charge in [-0.3, -0.25) is 4.79 Å². The van der Waals surface area contributed by atoms with Crippen LogP contribution in [0.5, 0.6) is 0 Å². The number of fused-ring (bicyclic) bond motifs is 1. The number of rotatable bonds is 5. The predicted octanol–water partition coefficient (Wildman–Crippen LogP) is 4.08. The minimum absolute atomic E-state index is 0.229. The van der Waals surface area contributed by atoms with Crippen molar-refractivity contribution in [3.63, 3.8) is 0 Å². The number of hydrogen-bond acceptors (Lipinski definition) is 4. The third-order valence-corrected chi connectivity index (χ3v) is 5.52. The molecule has 0 spiro atoms. The Morgan fingerprint density at radius 3 is 2.92 bits per heavy atom. The first-order valence-corrected chi connectivity index (χ1v) is 9.85. The minimum atomic E-state index is 0.229. The first-order chi connectivity index (χ1) is 11.7. The van der Waals surface area contributed by atoms with Crippen LogP contribution in [-0.4, -0.2) is 39.1 Å². The van der Waals surface area contributed by atoms with Gasteiger partial charge in [0.25, 0.3) is 0 Å². The lowest BCUT2D eigenvalue weighted by atomic mass is 10.0. The van der Waals surface area contributed by atoms with Crippen LogP contribution in [0.1, 0.15) is 45.4 Å². The van der Waals surface area contributed by atoms with Gasteiger partial charge in [0, 0.05) is 24.4 Å². The highest BCUT2D eigenvalue weighted by Crippen LogP contribution is 2.27. The van der Waals surface area contributed by atoms with Crippen LogP contribution in [0.25, 0.3) is 10.9 Å². The van der Waals surface area contributed by atoms with Gasteiger partial charge in [0.2, 0.25) is 5.91 Å². The summed E-state index contributed by atoms with van der Waals surface area (Å²) >= 11 is 1.55. The second kappa shape index (κ2) is 7.97. The SMILES string of the molecule is CCCc1nc(SCC(=O)N2CCCC[C@H]2C)c2ccccc2n1. The van der Waals surface area contributed by atoms with Crippen LogP contribution in [0.15, 0.2) is 29.3 Å². The molecule has 1 fully saturated rings. The summed E-state index contributed by atoms with van der Waals surface area (Å²) in [5.41, 5.74) is 0.970. The van der Waals surface area contributed by atoms with Crippen molar-refractivity contribution in [1.82, 2.24) is 14.9 Å². The summed E-state index contributed by atoms with van der Waals surface area (Å²) in [4.78, 5) is 24.0. The maximum Gasteiger partial charge on any atom is 0.233 e. The molecule has 0 N–H and O–H groups in total. The molecule has 2 heterocycles. The van der Waals surface area contributed by atoms with E-state index in [1.165, 1.54) is 6.42 Å². The molecular formula is C19H25N3OS. The fourth-order valence-electron chi connectivity index (χ4n) is 3.22. The van der Waals surface area contributed by atoms with Gasteiger partial charge >= 0.3 is 0 Å². The third-order valence-electron chi connectivity index (χ3n) is 4.54. The number of benzene rings is 1.